The SMILES string of the molecule is COc1cccc(CO[C@H]2CN(CCc3ccccc3)C(=O)CN(C(=O)CN3CCOC3=O)C2)c1. The second-order valence-corrected chi connectivity index (χ2v) is 8.67. The number of hydrogen-bond donors (Lipinski definition) is 0. The highest BCUT2D eigenvalue weighted by Gasteiger charge is 2.33. The van der Waals surface area contributed by atoms with Crippen molar-refractivity contribution in [2.45, 2.75) is 19.1 Å². The van der Waals surface area contributed by atoms with E-state index in [1.54, 1.807) is 12.0 Å². The fourth-order valence-electron chi connectivity index (χ4n) is 4.21. The number of rotatable bonds is 9. The van der Waals surface area contributed by atoms with Gasteiger partial charge in [0.15, 0.2) is 0 Å². The van der Waals surface area contributed by atoms with Gasteiger partial charge in [-0.1, -0.05) is 42.5 Å². The molecule has 4 rings (SSSR count). The van der Waals surface area contributed by atoms with E-state index >= 15 is 0 Å². The predicted molar refractivity (Wildman–Crippen MR) is 128 cm³/mol. The number of hydrogen-bond acceptors (Lipinski definition) is 6. The third-order valence-electron chi connectivity index (χ3n) is 6.18. The molecule has 0 saturated carbocycles. The standard InChI is InChI=1S/C26H31N3O6/c1-33-22-9-5-8-21(14-22)19-35-23-15-27(11-10-20-6-3-2-4-7-20)24(30)18-29(16-23)25(31)17-28-12-13-34-26(28)32/h2-9,14,23H,10-13,15-19H2,1H3/t23-/m0/s1. The van der Waals surface area contributed by atoms with E-state index in [1.807, 2.05) is 54.6 Å². The van der Waals surface area contributed by atoms with Crippen molar-refractivity contribution >= 4 is 17.9 Å². The molecule has 2 saturated heterocycles. The van der Waals surface area contributed by atoms with Gasteiger partial charge in [0.25, 0.3) is 0 Å². The Morgan fingerprint density at radius 2 is 1.83 bits per heavy atom. The third kappa shape index (κ3) is 6.73. The van der Waals surface area contributed by atoms with Crippen molar-refractivity contribution in [3.05, 3.63) is 65.7 Å². The number of carbonyl (C=O) groups is 3. The zero-order chi connectivity index (χ0) is 24.6. The highest BCUT2D eigenvalue weighted by Crippen LogP contribution is 2.17. The van der Waals surface area contributed by atoms with E-state index in [4.69, 9.17) is 14.2 Å². The first-order valence-corrected chi connectivity index (χ1v) is 11.8. The molecule has 2 aliphatic heterocycles. The molecule has 186 valence electrons. The normalized spacial score (nSPS) is 18.4. The average Bonchev–Trinajstić information content (AvgIpc) is 3.20. The molecule has 0 aliphatic carbocycles. The van der Waals surface area contributed by atoms with Gasteiger partial charge in [0, 0.05) is 19.6 Å². The summed E-state index contributed by atoms with van der Waals surface area (Å²) in [5, 5.41) is 0. The fourth-order valence-corrected chi connectivity index (χ4v) is 4.21. The summed E-state index contributed by atoms with van der Waals surface area (Å²) < 4.78 is 16.4. The maximum Gasteiger partial charge on any atom is 0.410 e. The van der Waals surface area contributed by atoms with Crippen molar-refractivity contribution in [2.24, 2.45) is 0 Å². The smallest absolute Gasteiger partial charge is 0.410 e. The number of carbonyl (C=O) groups excluding carboxylic acids is 3. The number of cyclic esters (lactones) is 1. The predicted octanol–water partition coefficient (Wildman–Crippen LogP) is 1.95. The minimum Gasteiger partial charge on any atom is -0.497 e. The van der Waals surface area contributed by atoms with Crippen molar-refractivity contribution in [1.29, 1.82) is 0 Å². The highest BCUT2D eigenvalue weighted by molar-refractivity contribution is 5.88. The molecular formula is C26H31N3O6. The Hall–Kier alpha value is -3.59. The van der Waals surface area contributed by atoms with Gasteiger partial charge in [0.1, 0.15) is 18.9 Å². The number of ether oxygens (including phenoxy) is 3. The number of nitrogens with zero attached hydrogens (tertiary/aromatic N) is 3. The van der Waals surface area contributed by atoms with Gasteiger partial charge in [0.05, 0.1) is 32.9 Å². The van der Waals surface area contributed by atoms with E-state index in [0.717, 1.165) is 16.9 Å². The van der Waals surface area contributed by atoms with E-state index in [2.05, 4.69) is 0 Å². The van der Waals surface area contributed by atoms with Crippen molar-refractivity contribution in [3.63, 3.8) is 0 Å². The lowest BCUT2D eigenvalue weighted by molar-refractivity contribution is -0.139. The van der Waals surface area contributed by atoms with Crippen molar-refractivity contribution < 1.29 is 28.6 Å². The van der Waals surface area contributed by atoms with Crippen LogP contribution in [0.1, 0.15) is 11.1 Å². The van der Waals surface area contributed by atoms with Crippen LogP contribution >= 0.6 is 0 Å². The summed E-state index contributed by atoms with van der Waals surface area (Å²) in [4.78, 5) is 42.5. The molecule has 0 spiro atoms. The van der Waals surface area contributed by atoms with Crippen LogP contribution in [0.2, 0.25) is 0 Å². The van der Waals surface area contributed by atoms with Crippen molar-refractivity contribution in [3.8, 4) is 5.75 Å². The van der Waals surface area contributed by atoms with Crippen LogP contribution in [-0.2, 0) is 32.1 Å². The van der Waals surface area contributed by atoms with E-state index in [9.17, 15) is 14.4 Å². The molecular weight excluding hydrogens is 450 g/mol. The van der Waals surface area contributed by atoms with Gasteiger partial charge >= 0.3 is 6.09 Å². The molecule has 35 heavy (non-hydrogen) atoms. The number of benzene rings is 2. The molecule has 0 unspecified atom stereocenters. The van der Waals surface area contributed by atoms with E-state index in [-0.39, 0.29) is 44.2 Å². The van der Waals surface area contributed by atoms with Gasteiger partial charge < -0.3 is 24.0 Å². The molecule has 2 aromatic carbocycles. The molecule has 0 aromatic heterocycles. The Morgan fingerprint density at radius 3 is 2.57 bits per heavy atom. The quantitative estimate of drug-likeness (QED) is 0.544. The first-order valence-electron chi connectivity index (χ1n) is 11.8. The Morgan fingerprint density at radius 1 is 1.03 bits per heavy atom. The van der Waals surface area contributed by atoms with Crippen LogP contribution in [0.5, 0.6) is 5.75 Å². The Labute approximate surface area is 205 Å². The van der Waals surface area contributed by atoms with Crippen molar-refractivity contribution in [2.75, 3.05) is 53.0 Å². The molecule has 0 radical (unpaired) electrons. The fraction of sp³-hybridized carbons (Fsp3) is 0.423. The highest BCUT2D eigenvalue weighted by atomic mass is 16.6. The maximum atomic E-state index is 13.1. The van der Waals surface area contributed by atoms with Gasteiger partial charge in [-0.2, -0.15) is 0 Å². The molecule has 2 aliphatic rings. The minimum atomic E-state index is -0.505. The summed E-state index contributed by atoms with van der Waals surface area (Å²) in [6.45, 7) is 1.97. The van der Waals surface area contributed by atoms with E-state index < -0.39 is 6.09 Å². The van der Waals surface area contributed by atoms with Gasteiger partial charge in [-0.05, 0) is 29.7 Å². The first-order chi connectivity index (χ1) is 17.0. The zero-order valence-electron chi connectivity index (χ0n) is 19.9. The summed E-state index contributed by atoms with van der Waals surface area (Å²) in [5.41, 5.74) is 2.08. The maximum absolute atomic E-state index is 13.1. The summed E-state index contributed by atoms with van der Waals surface area (Å²) in [5.74, 6) is 0.309. The molecule has 3 amide bonds. The first kappa shape index (κ1) is 24.5. The van der Waals surface area contributed by atoms with Gasteiger partial charge in [-0.25, -0.2) is 4.79 Å². The molecule has 9 heteroatoms. The molecule has 2 heterocycles. The van der Waals surface area contributed by atoms with Crippen LogP contribution in [0.4, 0.5) is 4.79 Å². The molecule has 1 atom stereocenters. The van der Waals surface area contributed by atoms with E-state index in [0.29, 0.717) is 32.7 Å². The Bertz CT molecular complexity index is 1030. The molecule has 9 nitrogen and oxygen atoms in total. The topological polar surface area (TPSA) is 88.6 Å². The lowest BCUT2D eigenvalue weighted by atomic mass is 10.1. The van der Waals surface area contributed by atoms with Crippen LogP contribution in [0, 0.1) is 0 Å². The Balaban J connectivity index is 1.45. The van der Waals surface area contributed by atoms with Gasteiger partial charge in [0.2, 0.25) is 11.8 Å². The van der Waals surface area contributed by atoms with Crippen LogP contribution < -0.4 is 4.74 Å². The molecule has 2 aromatic rings. The molecule has 0 bridgehead atoms. The van der Waals surface area contributed by atoms with Crippen LogP contribution in [-0.4, -0.2) is 91.7 Å². The average molecular weight is 482 g/mol. The van der Waals surface area contributed by atoms with E-state index in [1.165, 1.54) is 9.80 Å². The summed E-state index contributed by atoms with van der Waals surface area (Å²) >= 11 is 0. The van der Waals surface area contributed by atoms with Crippen LogP contribution in [0.25, 0.3) is 0 Å². The second-order valence-electron chi connectivity index (χ2n) is 8.67. The van der Waals surface area contributed by atoms with Gasteiger partial charge in [-0.15, -0.1) is 0 Å². The summed E-state index contributed by atoms with van der Waals surface area (Å²) in [7, 11) is 1.61. The second kappa shape index (κ2) is 11.7. The summed E-state index contributed by atoms with van der Waals surface area (Å²) in [6, 6.07) is 17.6. The number of amides is 3. The van der Waals surface area contributed by atoms with Crippen LogP contribution in [0.15, 0.2) is 54.6 Å². The lowest BCUT2D eigenvalue weighted by Gasteiger charge is -2.25. The monoisotopic (exact) mass is 481 g/mol. The molecule has 0 N–H and O–H groups in total. The zero-order valence-corrected chi connectivity index (χ0v) is 19.9. The number of methoxy groups -OCH3 is 1. The summed E-state index contributed by atoms with van der Waals surface area (Å²) in [6.07, 6.45) is -0.171. The third-order valence-corrected chi connectivity index (χ3v) is 6.18. The van der Waals surface area contributed by atoms with Crippen molar-refractivity contribution in [1.82, 2.24) is 14.7 Å². The van der Waals surface area contributed by atoms with Gasteiger partial charge in [-0.3, -0.25) is 14.5 Å². The largest absolute Gasteiger partial charge is 0.497 e. The van der Waals surface area contributed by atoms with Crippen LogP contribution in [0.3, 0.4) is 0 Å². The molecule has 2 fully saturated rings. The lowest BCUT2D eigenvalue weighted by Crippen LogP contribution is -2.45. The Kier molecular flexibility index (Phi) is 8.20. The minimum absolute atomic E-state index is 0.0461.